The lowest BCUT2D eigenvalue weighted by atomic mass is 10.1. The van der Waals surface area contributed by atoms with Gasteiger partial charge in [-0.3, -0.25) is 10.3 Å². The van der Waals surface area contributed by atoms with Gasteiger partial charge in [-0.25, -0.2) is 4.79 Å². The van der Waals surface area contributed by atoms with Crippen LogP contribution in [0.1, 0.15) is 11.1 Å². The molecule has 5 nitrogen and oxygen atoms in total. The summed E-state index contributed by atoms with van der Waals surface area (Å²) >= 11 is 0. The number of nitrogens with two attached hydrogens (primary N) is 1. The first-order valence-corrected chi connectivity index (χ1v) is 4.91. The van der Waals surface area contributed by atoms with Crippen molar-refractivity contribution in [3.8, 4) is 0 Å². The molecule has 0 fully saturated rings. The van der Waals surface area contributed by atoms with Gasteiger partial charge in [-0.05, 0) is 25.0 Å². The van der Waals surface area contributed by atoms with Crippen molar-refractivity contribution in [2.24, 2.45) is 10.7 Å². The maximum absolute atomic E-state index is 11.5. The number of rotatable bonds is 1. The number of guanidine groups is 1. The van der Waals surface area contributed by atoms with Gasteiger partial charge in [-0.15, -0.1) is 0 Å². The Bertz CT molecular complexity index is 411. The van der Waals surface area contributed by atoms with Crippen LogP contribution in [0.2, 0.25) is 0 Å². The van der Waals surface area contributed by atoms with Gasteiger partial charge in [-0.1, -0.05) is 18.2 Å². The van der Waals surface area contributed by atoms with Crippen molar-refractivity contribution in [3.05, 3.63) is 29.3 Å². The minimum absolute atomic E-state index is 0. The number of hydrogen-bond donors (Lipinski definition) is 3. The first-order chi connectivity index (χ1) is 7.54. The van der Waals surface area contributed by atoms with E-state index >= 15 is 0 Å². The highest BCUT2D eigenvalue weighted by atomic mass is 35.5. The maximum atomic E-state index is 11.5. The molecule has 1 aromatic rings. The average Bonchev–Trinajstić information content (AvgIpc) is 2.23. The highest BCUT2D eigenvalue weighted by Crippen LogP contribution is 2.18. The van der Waals surface area contributed by atoms with Crippen molar-refractivity contribution < 1.29 is 17.2 Å². The molecule has 6 heteroatoms. The van der Waals surface area contributed by atoms with Crippen LogP contribution < -0.4 is 28.8 Å². The largest absolute Gasteiger partial charge is 1.00 e. The molecule has 2 amide bonds. The Morgan fingerprint density at radius 1 is 1.29 bits per heavy atom. The number of anilines is 1. The zero-order valence-electron chi connectivity index (χ0n) is 10.0. The van der Waals surface area contributed by atoms with Crippen molar-refractivity contribution >= 4 is 17.7 Å². The second kappa shape index (κ2) is 6.75. The van der Waals surface area contributed by atoms with Gasteiger partial charge in [0.05, 0.1) is 0 Å². The Morgan fingerprint density at radius 3 is 2.29 bits per heavy atom. The Morgan fingerprint density at radius 2 is 1.82 bits per heavy atom. The van der Waals surface area contributed by atoms with E-state index in [1.807, 2.05) is 32.0 Å². The van der Waals surface area contributed by atoms with Gasteiger partial charge in [0.25, 0.3) is 0 Å². The average molecular weight is 256 g/mol. The fourth-order valence-corrected chi connectivity index (χ4v) is 1.33. The van der Waals surface area contributed by atoms with Crippen molar-refractivity contribution in [1.29, 1.82) is 0 Å². The molecule has 0 atom stereocenters. The van der Waals surface area contributed by atoms with Gasteiger partial charge in [0, 0.05) is 12.7 Å². The summed E-state index contributed by atoms with van der Waals surface area (Å²) in [6.07, 6.45) is 0. The molecule has 0 saturated heterocycles. The van der Waals surface area contributed by atoms with Crippen LogP contribution in [0.5, 0.6) is 0 Å². The molecule has 0 radical (unpaired) electrons. The number of aliphatic imine (C=N–C) groups is 1. The van der Waals surface area contributed by atoms with Crippen LogP contribution in [0, 0.1) is 13.8 Å². The predicted molar refractivity (Wildman–Crippen MR) is 65.6 cm³/mol. The second-order valence-corrected chi connectivity index (χ2v) is 3.45. The lowest BCUT2D eigenvalue weighted by Crippen LogP contribution is -3.00. The van der Waals surface area contributed by atoms with E-state index < -0.39 is 0 Å². The summed E-state index contributed by atoms with van der Waals surface area (Å²) in [4.78, 5) is 15.1. The molecule has 94 valence electrons. The standard InChI is InChI=1S/C11H16N4O.ClH/c1-7-5-4-6-8(2)9(7)14-11(16)15-10(12)13-3;/h4-6H,1-3H3,(H4,12,13,14,15,16);1H/p-1. The van der Waals surface area contributed by atoms with E-state index in [9.17, 15) is 4.79 Å². The minimum Gasteiger partial charge on any atom is -1.00 e. The Balaban J connectivity index is 0.00000256. The van der Waals surface area contributed by atoms with Crippen molar-refractivity contribution in [1.82, 2.24) is 5.32 Å². The zero-order valence-corrected chi connectivity index (χ0v) is 10.8. The number of halogens is 1. The first kappa shape index (κ1) is 15.2. The summed E-state index contributed by atoms with van der Waals surface area (Å²) in [5.41, 5.74) is 8.18. The Hall–Kier alpha value is -1.75. The normalized spacial score (nSPS) is 10.4. The van der Waals surface area contributed by atoms with E-state index in [1.165, 1.54) is 7.05 Å². The zero-order chi connectivity index (χ0) is 12.1. The fourth-order valence-electron chi connectivity index (χ4n) is 1.33. The highest BCUT2D eigenvalue weighted by Gasteiger charge is 2.07. The summed E-state index contributed by atoms with van der Waals surface area (Å²) in [6.45, 7) is 3.86. The molecule has 0 aliphatic heterocycles. The number of amides is 2. The van der Waals surface area contributed by atoms with E-state index in [1.54, 1.807) is 0 Å². The van der Waals surface area contributed by atoms with Gasteiger partial charge < -0.3 is 23.5 Å². The van der Waals surface area contributed by atoms with E-state index in [-0.39, 0.29) is 24.4 Å². The van der Waals surface area contributed by atoms with E-state index in [2.05, 4.69) is 15.6 Å². The van der Waals surface area contributed by atoms with Gasteiger partial charge in [-0.2, -0.15) is 0 Å². The molecule has 0 saturated carbocycles. The lowest BCUT2D eigenvalue weighted by Gasteiger charge is -2.11. The molecule has 4 N–H and O–H groups in total. The number of nitrogens with one attached hydrogen (secondary N) is 2. The third kappa shape index (κ3) is 4.32. The van der Waals surface area contributed by atoms with Crippen LogP contribution in [0.3, 0.4) is 0 Å². The Labute approximate surface area is 107 Å². The summed E-state index contributed by atoms with van der Waals surface area (Å²) in [5, 5.41) is 5.14. The summed E-state index contributed by atoms with van der Waals surface area (Å²) in [5.74, 6) is 0.0868. The van der Waals surface area contributed by atoms with E-state index in [4.69, 9.17) is 5.73 Å². The molecule has 0 aliphatic rings. The molecule has 1 aromatic carbocycles. The van der Waals surface area contributed by atoms with Gasteiger partial charge >= 0.3 is 6.03 Å². The van der Waals surface area contributed by atoms with Crippen molar-refractivity contribution in [2.45, 2.75) is 13.8 Å². The van der Waals surface area contributed by atoms with E-state index in [0.29, 0.717) is 0 Å². The number of carbonyl (C=O) groups excluding carboxylic acids is 1. The number of benzene rings is 1. The number of carbonyl (C=O) groups is 1. The molecule has 0 aliphatic carbocycles. The number of urea groups is 1. The number of aryl methyl sites for hydroxylation is 2. The molecule has 0 heterocycles. The third-order valence-corrected chi connectivity index (χ3v) is 2.20. The highest BCUT2D eigenvalue weighted by molar-refractivity contribution is 6.02. The molecular formula is C11H16ClN4O-. The topological polar surface area (TPSA) is 79.5 Å². The first-order valence-electron chi connectivity index (χ1n) is 4.91. The second-order valence-electron chi connectivity index (χ2n) is 3.45. The number of nitrogens with zero attached hydrogens (tertiary/aromatic N) is 1. The van der Waals surface area contributed by atoms with Crippen LogP contribution in [0.15, 0.2) is 23.2 Å². The summed E-state index contributed by atoms with van der Waals surface area (Å²) in [7, 11) is 1.51. The molecule has 1 rings (SSSR count). The van der Waals surface area contributed by atoms with Crippen LogP contribution in [-0.4, -0.2) is 19.0 Å². The SMILES string of the molecule is CN=C(N)NC(=O)Nc1c(C)cccc1C.[Cl-]. The predicted octanol–water partition coefficient (Wildman–Crippen LogP) is -1.63. The van der Waals surface area contributed by atoms with Gasteiger partial charge in [0.15, 0.2) is 5.96 Å². The minimum atomic E-state index is -0.388. The summed E-state index contributed by atoms with van der Waals surface area (Å²) < 4.78 is 0. The molecule has 0 unspecified atom stereocenters. The van der Waals surface area contributed by atoms with Crippen LogP contribution in [0.25, 0.3) is 0 Å². The fraction of sp³-hybridized carbons (Fsp3) is 0.273. The third-order valence-electron chi connectivity index (χ3n) is 2.20. The van der Waals surface area contributed by atoms with Crippen LogP contribution >= 0.6 is 0 Å². The molecule has 0 spiro atoms. The monoisotopic (exact) mass is 255 g/mol. The van der Waals surface area contributed by atoms with Crippen LogP contribution in [-0.2, 0) is 0 Å². The lowest BCUT2D eigenvalue weighted by molar-refractivity contribution is -0.00000687. The van der Waals surface area contributed by atoms with Gasteiger partial charge in [0.1, 0.15) is 0 Å². The molecule has 0 bridgehead atoms. The van der Waals surface area contributed by atoms with Crippen molar-refractivity contribution in [2.75, 3.05) is 12.4 Å². The Kier molecular flexibility index (Phi) is 6.06. The quantitative estimate of drug-likeness (QED) is 0.416. The van der Waals surface area contributed by atoms with Gasteiger partial charge in [0.2, 0.25) is 0 Å². The van der Waals surface area contributed by atoms with Crippen molar-refractivity contribution in [3.63, 3.8) is 0 Å². The van der Waals surface area contributed by atoms with Crippen LogP contribution in [0.4, 0.5) is 10.5 Å². The van der Waals surface area contributed by atoms with E-state index in [0.717, 1.165) is 16.8 Å². The number of para-hydroxylation sites is 1. The number of hydrogen-bond acceptors (Lipinski definition) is 2. The summed E-state index contributed by atoms with van der Waals surface area (Å²) in [6, 6.07) is 5.41. The molecule has 17 heavy (non-hydrogen) atoms. The maximum Gasteiger partial charge on any atom is 0.326 e. The molecular weight excluding hydrogens is 240 g/mol. The molecule has 0 aromatic heterocycles. The smallest absolute Gasteiger partial charge is 0.326 e.